The molecule has 1 atom stereocenters. The van der Waals surface area contributed by atoms with Crippen LogP contribution in [0.25, 0.3) is 0 Å². The van der Waals surface area contributed by atoms with Crippen LogP contribution in [0, 0.1) is 0 Å². The van der Waals surface area contributed by atoms with Crippen molar-refractivity contribution in [3.05, 3.63) is 63.7 Å². The van der Waals surface area contributed by atoms with E-state index in [1.807, 2.05) is 18.2 Å². The maximum atomic E-state index is 13.1. The molecule has 2 aromatic rings. The van der Waals surface area contributed by atoms with Crippen LogP contribution in [0.3, 0.4) is 0 Å². The molecule has 40 heavy (non-hydrogen) atoms. The first-order chi connectivity index (χ1) is 19.4. The fourth-order valence-corrected chi connectivity index (χ4v) is 5.44. The number of halogens is 1. The minimum Gasteiger partial charge on any atom is -0.491 e. The molecule has 2 fully saturated rings. The fraction of sp³-hybridized carbons (Fsp3) is 0.448. The Morgan fingerprint density at radius 1 is 1.05 bits per heavy atom. The number of ether oxygens (including phenoxy) is 2. The lowest BCUT2D eigenvalue weighted by Gasteiger charge is -2.36. The van der Waals surface area contributed by atoms with Gasteiger partial charge in [0.2, 0.25) is 17.7 Å². The van der Waals surface area contributed by atoms with Gasteiger partial charge < -0.3 is 19.7 Å². The molecule has 11 heteroatoms. The largest absolute Gasteiger partial charge is 0.491 e. The molecule has 0 spiro atoms. The quantitative estimate of drug-likeness (QED) is 0.442. The highest BCUT2D eigenvalue weighted by Crippen LogP contribution is 2.27. The van der Waals surface area contributed by atoms with Gasteiger partial charge in [-0.25, -0.2) is 0 Å². The topological polar surface area (TPSA) is 117 Å². The van der Waals surface area contributed by atoms with E-state index < -0.39 is 11.9 Å². The molecule has 0 aliphatic carbocycles. The van der Waals surface area contributed by atoms with Gasteiger partial charge in [-0.2, -0.15) is 0 Å². The highest BCUT2D eigenvalue weighted by Gasteiger charge is 2.37. The lowest BCUT2D eigenvalue weighted by atomic mass is 9.93. The summed E-state index contributed by atoms with van der Waals surface area (Å²) in [5.41, 5.74) is 3.12. The second-order valence-corrected chi connectivity index (χ2v) is 10.6. The van der Waals surface area contributed by atoms with Crippen LogP contribution in [0.15, 0.2) is 36.4 Å². The van der Waals surface area contributed by atoms with Gasteiger partial charge in [-0.3, -0.25) is 29.4 Å². The summed E-state index contributed by atoms with van der Waals surface area (Å²) < 4.78 is 11.3. The summed E-state index contributed by atoms with van der Waals surface area (Å²) in [4.78, 5) is 53.3. The summed E-state index contributed by atoms with van der Waals surface area (Å²) in [6.07, 6.45) is 1.34. The van der Waals surface area contributed by atoms with E-state index in [1.54, 1.807) is 23.1 Å². The Labute approximate surface area is 237 Å². The summed E-state index contributed by atoms with van der Waals surface area (Å²) in [5, 5.41) is 5.77. The smallest absolute Gasteiger partial charge is 0.254 e. The summed E-state index contributed by atoms with van der Waals surface area (Å²) in [5.74, 6) is -0.510. The molecule has 2 saturated heterocycles. The standard InChI is InChI=1S/C29H33ClN4O6/c30-23-4-2-19(16-25(23)40-14-11-33-9-12-39-13-10-33)17-27(36)31-18-20-1-3-22-21(15-20)7-8-34(29(22)38)24-5-6-26(35)32-28(24)37/h1-4,15-16,24H,5-14,17-18H2,(H,31,36)(H,32,35,37). The van der Waals surface area contributed by atoms with Crippen molar-refractivity contribution in [2.75, 3.05) is 46.0 Å². The number of rotatable bonds is 9. The molecule has 4 amide bonds. The summed E-state index contributed by atoms with van der Waals surface area (Å²) in [7, 11) is 0. The molecule has 0 bridgehead atoms. The first-order valence-corrected chi connectivity index (χ1v) is 14.0. The number of imide groups is 1. The van der Waals surface area contributed by atoms with Crippen molar-refractivity contribution in [2.45, 2.75) is 38.3 Å². The summed E-state index contributed by atoms with van der Waals surface area (Å²) in [6.45, 7) is 5.26. The zero-order valence-electron chi connectivity index (χ0n) is 22.2. The van der Waals surface area contributed by atoms with Crippen molar-refractivity contribution in [1.29, 1.82) is 0 Å². The number of fused-ring (bicyclic) bond motifs is 1. The normalized spacial score (nSPS) is 19.7. The maximum absolute atomic E-state index is 13.1. The monoisotopic (exact) mass is 568 g/mol. The number of carbonyl (C=O) groups excluding carboxylic acids is 4. The molecule has 2 N–H and O–H groups in total. The molecule has 3 heterocycles. The van der Waals surface area contributed by atoms with Gasteiger partial charge in [0.05, 0.1) is 24.7 Å². The van der Waals surface area contributed by atoms with Crippen LogP contribution < -0.4 is 15.4 Å². The second kappa shape index (κ2) is 12.8. The molecule has 0 radical (unpaired) electrons. The van der Waals surface area contributed by atoms with Crippen LogP contribution in [0.4, 0.5) is 0 Å². The first-order valence-electron chi connectivity index (χ1n) is 13.6. The Kier molecular flexibility index (Phi) is 8.98. The minimum atomic E-state index is -0.624. The molecule has 0 saturated carbocycles. The highest BCUT2D eigenvalue weighted by atomic mass is 35.5. The number of nitrogens with one attached hydrogen (secondary N) is 2. The van der Waals surface area contributed by atoms with Gasteiger partial charge in [-0.05, 0) is 47.7 Å². The van der Waals surface area contributed by atoms with Crippen LogP contribution in [0.2, 0.25) is 5.02 Å². The predicted octanol–water partition coefficient (Wildman–Crippen LogP) is 1.71. The third-order valence-corrected chi connectivity index (χ3v) is 7.80. The van der Waals surface area contributed by atoms with Gasteiger partial charge in [0.1, 0.15) is 18.4 Å². The van der Waals surface area contributed by atoms with Crippen molar-refractivity contribution >= 4 is 35.2 Å². The Morgan fingerprint density at radius 3 is 2.65 bits per heavy atom. The van der Waals surface area contributed by atoms with Gasteiger partial charge in [-0.1, -0.05) is 29.8 Å². The number of amides is 4. The summed E-state index contributed by atoms with van der Waals surface area (Å²) in [6, 6.07) is 10.2. The fourth-order valence-electron chi connectivity index (χ4n) is 5.27. The van der Waals surface area contributed by atoms with E-state index in [2.05, 4.69) is 15.5 Å². The lowest BCUT2D eigenvalue weighted by molar-refractivity contribution is -0.137. The maximum Gasteiger partial charge on any atom is 0.254 e. The van der Waals surface area contributed by atoms with E-state index in [1.165, 1.54) is 0 Å². The number of benzene rings is 2. The molecule has 0 aromatic heterocycles. The Morgan fingerprint density at radius 2 is 1.85 bits per heavy atom. The van der Waals surface area contributed by atoms with Crippen LogP contribution in [0.1, 0.15) is 39.9 Å². The third-order valence-electron chi connectivity index (χ3n) is 7.49. The van der Waals surface area contributed by atoms with Crippen LogP contribution >= 0.6 is 11.6 Å². The Hall–Kier alpha value is -3.47. The zero-order chi connectivity index (χ0) is 28.1. The number of morpholine rings is 1. The molecule has 3 aliphatic rings. The van der Waals surface area contributed by atoms with Gasteiger partial charge in [-0.15, -0.1) is 0 Å². The Balaban J connectivity index is 1.12. The molecule has 3 aliphatic heterocycles. The number of piperidine rings is 1. The number of hydrogen-bond donors (Lipinski definition) is 2. The first kappa shape index (κ1) is 28.1. The van der Waals surface area contributed by atoms with E-state index in [4.69, 9.17) is 21.1 Å². The lowest BCUT2D eigenvalue weighted by Crippen LogP contribution is -2.55. The van der Waals surface area contributed by atoms with E-state index in [0.29, 0.717) is 48.9 Å². The Bertz CT molecular complexity index is 1300. The van der Waals surface area contributed by atoms with E-state index in [-0.39, 0.29) is 30.6 Å². The molecule has 1 unspecified atom stereocenters. The average molecular weight is 569 g/mol. The molecular weight excluding hydrogens is 536 g/mol. The molecule has 2 aromatic carbocycles. The second-order valence-electron chi connectivity index (χ2n) is 10.2. The number of carbonyl (C=O) groups is 4. The van der Waals surface area contributed by atoms with Crippen LogP contribution in [-0.4, -0.2) is 85.5 Å². The molecule has 5 rings (SSSR count). The molecule has 212 valence electrons. The van der Waals surface area contributed by atoms with Crippen molar-refractivity contribution in [3.8, 4) is 5.75 Å². The molecule has 10 nitrogen and oxygen atoms in total. The number of hydrogen-bond acceptors (Lipinski definition) is 7. The minimum absolute atomic E-state index is 0.139. The SMILES string of the molecule is O=C(Cc1ccc(Cl)c(OCCN2CCOCC2)c1)NCc1ccc2c(c1)CCN(C1CCC(=O)NC1=O)C2=O. The summed E-state index contributed by atoms with van der Waals surface area (Å²) >= 11 is 6.31. The zero-order valence-corrected chi connectivity index (χ0v) is 23.0. The highest BCUT2D eigenvalue weighted by molar-refractivity contribution is 6.32. The predicted molar refractivity (Wildman–Crippen MR) is 147 cm³/mol. The van der Waals surface area contributed by atoms with E-state index in [0.717, 1.165) is 49.5 Å². The van der Waals surface area contributed by atoms with Gasteiger partial charge in [0.25, 0.3) is 5.91 Å². The van der Waals surface area contributed by atoms with Gasteiger partial charge >= 0.3 is 0 Å². The van der Waals surface area contributed by atoms with Crippen molar-refractivity contribution < 1.29 is 28.7 Å². The average Bonchev–Trinajstić information content (AvgIpc) is 2.95. The van der Waals surface area contributed by atoms with E-state index in [9.17, 15) is 19.2 Å². The van der Waals surface area contributed by atoms with Gasteiger partial charge in [0.15, 0.2) is 0 Å². The van der Waals surface area contributed by atoms with Crippen molar-refractivity contribution in [3.63, 3.8) is 0 Å². The van der Waals surface area contributed by atoms with Crippen LogP contribution in [0.5, 0.6) is 5.75 Å². The number of nitrogens with zero attached hydrogens (tertiary/aromatic N) is 2. The van der Waals surface area contributed by atoms with Crippen LogP contribution in [-0.2, 0) is 38.5 Å². The van der Waals surface area contributed by atoms with Crippen molar-refractivity contribution in [1.82, 2.24) is 20.4 Å². The third kappa shape index (κ3) is 6.80. The van der Waals surface area contributed by atoms with E-state index >= 15 is 0 Å². The van der Waals surface area contributed by atoms with Gasteiger partial charge in [0, 0.05) is 44.7 Å². The molecular formula is C29H33ClN4O6. The van der Waals surface area contributed by atoms with Crippen molar-refractivity contribution in [2.24, 2.45) is 0 Å².